The van der Waals surface area contributed by atoms with Gasteiger partial charge in [-0.3, -0.25) is 9.59 Å². The summed E-state index contributed by atoms with van der Waals surface area (Å²) in [6.45, 7) is 3.87. The third kappa shape index (κ3) is 4.43. The molecule has 2 aromatic rings. The topological polar surface area (TPSA) is 58.2 Å². The second kappa shape index (κ2) is 7.22. The number of nitrogens with one attached hydrogen (secondary N) is 2. The molecule has 0 aromatic heterocycles. The van der Waals surface area contributed by atoms with Crippen LogP contribution in [0.4, 0.5) is 11.4 Å². The van der Waals surface area contributed by atoms with Crippen molar-refractivity contribution in [2.75, 3.05) is 10.6 Å². The second-order valence-corrected chi connectivity index (χ2v) is 5.91. The van der Waals surface area contributed by atoms with Crippen molar-refractivity contribution in [2.24, 2.45) is 0 Å². The summed E-state index contributed by atoms with van der Waals surface area (Å²) in [6, 6.07) is 13.0. The van der Waals surface area contributed by atoms with E-state index in [9.17, 15) is 9.59 Å². The fourth-order valence-electron chi connectivity index (χ4n) is 1.93. The van der Waals surface area contributed by atoms with E-state index in [-0.39, 0.29) is 18.2 Å². The van der Waals surface area contributed by atoms with Gasteiger partial charge in [0.1, 0.15) is 6.42 Å². The highest BCUT2D eigenvalue weighted by molar-refractivity contribution is 9.10. The molecule has 0 fully saturated rings. The van der Waals surface area contributed by atoms with Crippen molar-refractivity contribution in [1.29, 1.82) is 0 Å². The van der Waals surface area contributed by atoms with Gasteiger partial charge in [0.25, 0.3) is 0 Å². The lowest BCUT2D eigenvalue weighted by Gasteiger charge is -2.09. The molecule has 0 heterocycles. The summed E-state index contributed by atoms with van der Waals surface area (Å²) in [6.07, 6.45) is -0.222. The third-order valence-corrected chi connectivity index (χ3v) is 4.05. The second-order valence-electron chi connectivity index (χ2n) is 5.05. The van der Waals surface area contributed by atoms with Gasteiger partial charge in [0.2, 0.25) is 11.8 Å². The van der Waals surface area contributed by atoms with Gasteiger partial charge in [-0.2, -0.15) is 0 Å². The van der Waals surface area contributed by atoms with Gasteiger partial charge in [-0.25, -0.2) is 0 Å². The number of benzene rings is 2. The maximum absolute atomic E-state index is 11.9. The summed E-state index contributed by atoms with van der Waals surface area (Å²) >= 11 is 3.41. The molecule has 0 spiro atoms. The van der Waals surface area contributed by atoms with Crippen molar-refractivity contribution >= 4 is 39.1 Å². The largest absolute Gasteiger partial charge is 0.326 e. The van der Waals surface area contributed by atoms with Gasteiger partial charge in [-0.1, -0.05) is 40.2 Å². The Morgan fingerprint density at radius 3 is 2.32 bits per heavy atom. The minimum atomic E-state index is -0.346. The predicted molar refractivity (Wildman–Crippen MR) is 91.9 cm³/mol. The minimum absolute atomic E-state index is 0.222. The molecule has 2 rings (SSSR count). The van der Waals surface area contributed by atoms with Crippen LogP contribution < -0.4 is 10.6 Å². The lowest BCUT2D eigenvalue weighted by molar-refractivity contribution is -0.123. The Morgan fingerprint density at radius 2 is 1.64 bits per heavy atom. The smallest absolute Gasteiger partial charge is 0.233 e. The molecule has 4 nitrogen and oxygen atoms in total. The standard InChI is InChI=1S/C17H17BrN2O2/c1-11-7-8-13(9-14(11)18)19-16(21)10-17(22)20-15-6-4-3-5-12(15)2/h3-9H,10H2,1-2H3,(H,19,21)(H,20,22). The Hall–Kier alpha value is -2.14. The van der Waals surface area contributed by atoms with Crippen LogP contribution in [0.3, 0.4) is 0 Å². The number of hydrogen-bond donors (Lipinski definition) is 2. The third-order valence-electron chi connectivity index (χ3n) is 3.20. The van der Waals surface area contributed by atoms with E-state index in [1.165, 1.54) is 0 Å². The molecule has 0 saturated heterocycles. The normalized spacial score (nSPS) is 10.1. The molecular weight excluding hydrogens is 344 g/mol. The lowest BCUT2D eigenvalue weighted by Crippen LogP contribution is -2.21. The Kier molecular flexibility index (Phi) is 5.33. The van der Waals surface area contributed by atoms with Crippen LogP contribution in [0.15, 0.2) is 46.9 Å². The molecule has 0 bridgehead atoms. The summed E-state index contributed by atoms with van der Waals surface area (Å²) in [4.78, 5) is 23.8. The molecule has 0 saturated carbocycles. The molecule has 2 amide bonds. The molecule has 0 radical (unpaired) electrons. The molecule has 2 N–H and O–H groups in total. The van der Waals surface area contributed by atoms with Crippen molar-refractivity contribution < 1.29 is 9.59 Å². The van der Waals surface area contributed by atoms with Crippen LogP contribution in [0.5, 0.6) is 0 Å². The van der Waals surface area contributed by atoms with Crippen LogP contribution in [-0.4, -0.2) is 11.8 Å². The maximum Gasteiger partial charge on any atom is 0.233 e. The molecule has 2 aromatic carbocycles. The zero-order valence-corrected chi connectivity index (χ0v) is 14.0. The molecule has 0 aliphatic heterocycles. The number of carbonyl (C=O) groups excluding carboxylic acids is 2. The number of hydrogen-bond acceptors (Lipinski definition) is 2. The van der Waals surface area contributed by atoms with Gasteiger partial charge in [0, 0.05) is 15.8 Å². The average molecular weight is 361 g/mol. The zero-order chi connectivity index (χ0) is 16.1. The first-order valence-electron chi connectivity index (χ1n) is 6.87. The van der Waals surface area contributed by atoms with E-state index in [0.29, 0.717) is 5.69 Å². The average Bonchev–Trinajstić information content (AvgIpc) is 2.45. The monoisotopic (exact) mass is 360 g/mol. The fourth-order valence-corrected chi connectivity index (χ4v) is 2.31. The molecule has 114 valence electrons. The number of para-hydroxylation sites is 1. The molecule has 0 aliphatic rings. The van der Waals surface area contributed by atoms with Crippen LogP contribution in [-0.2, 0) is 9.59 Å². The molecule has 0 aliphatic carbocycles. The van der Waals surface area contributed by atoms with Crippen LogP contribution in [0.25, 0.3) is 0 Å². The van der Waals surface area contributed by atoms with E-state index >= 15 is 0 Å². The maximum atomic E-state index is 11.9. The first kappa shape index (κ1) is 16.2. The predicted octanol–water partition coefficient (Wildman–Crippen LogP) is 4.03. The number of aryl methyl sites for hydroxylation is 2. The minimum Gasteiger partial charge on any atom is -0.326 e. The molecule has 0 atom stereocenters. The van der Waals surface area contributed by atoms with Crippen molar-refractivity contribution in [1.82, 2.24) is 0 Å². The number of carbonyl (C=O) groups is 2. The van der Waals surface area contributed by atoms with E-state index in [2.05, 4.69) is 26.6 Å². The summed E-state index contributed by atoms with van der Waals surface area (Å²) < 4.78 is 0.912. The summed E-state index contributed by atoms with van der Waals surface area (Å²) in [5.74, 6) is -0.681. The van der Waals surface area contributed by atoms with Crippen molar-refractivity contribution in [2.45, 2.75) is 20.3 Å². The highest BCUT2D eigenvalue weighted by atomic mass is 79.9. The quantitative estimate of drug-likeness (QED) is 0.808. The highest BCUT2D eigenvalue weighted by Crippen LogP contribution is 2.20. The van der Waals surface area contributed by atoms with E-state index in [1.54, 1.807) is 6.07 Å². The number of amides is 2. The van der Waals surface area contributed by atoms with Gasteiger partial charge >= 0.3 is 0 Å². The number of halogens is 1. The molecule has 22 heavy (non-hydrogen) atoms. The number of anilines is 2. The van der Waals surface area contributed by atoms with E-state index < -0.39 is 0 Å². The Balaban J connectivity index is 1.92. The Labute approximate surface area is 138 Å². The lowest BCUT2D eigenvalue weighted by atomic mass is 10.2. The van der Waals surface area contributed by atoms with Crippen LogP contribution in [0.2, 0.25) is 0 Å². The van der Waals surface area contributed by atoms with Gasteiger partial charge in [-0.15, -0.1) is 0 Å². The van der Waals surface area contributed by atoms with Crippen molar-refractivity contribution in [3.63, 3.8) is 0 Å². The summed E-state index contributed by atoms with van der Waals surface area (Å²) in [5.41, 5.74) is 3.42. The van der Waals surface area contributed by atoms with Gasteiger partial charge in [0.15, 0.2) is 0 Å². The van der Waals surface area contributed by atoms with Crippen LogP contribution in [0, 0.1) is 13.8 Å². The highest BCUT2D eigenvalue weighted by Gasteiger charge is 2.11. The molecule has 5 heteroatoms. The first-order valence-corrected chi connectivity index (χ1v) is 7.66. The van der Waals surface area contributed by atoms with Crippen LogP contribution in [0.1, 0.15) is 17.5 Å². The Morgan fingerprint density at radius 1 is 0.955 bits per heavy atom. The van der Waals surface area contributed by atoms with Crippen LogP contribution >= 0.6 is 15.9 Å². The molecule has 0 unspecified atom stereocenters. The van der Waals surface area contributed by atoms with Gasteiger partial charge in [0.05, 0.1) is 0 Å². The van der Waals surface area contributed by atoms with E-state index in [1.807, 2.05) is 50.2 Å². The van der Waals surface area contributed by atoms with E-state index in [4.69, 9.17) is 0 Å². The summed E-state index contributed by atoms with van der Waals surface area (Å²) in [5, 5.41) is 5.45. The van der Waals surface area contributed by atoms with Gasteiger partial charge < -0.3 is 10.6 Å². The number of rotatable bonds is 4. The van der Waals surface area contributed by atoms with Gasteiger partial charge in [-0.05, 0) is 43.2 Å². The molecular formula is C17H17BrN2O2. The summed E-state index contributed by atoms with van der Waals surface area (Å²) in [7, 11) is 0. The fraction of sp³-hybridized carbons (Fsp3) is 0.176. The SMILES string of the molecule is Cc1ccc(NC(=O)CC(=O)Nc2ccccc2C)cc1Br. The van der Waals surface area contributed by atoms with Crippen molar-refractivity contribution in [3.8, 4) is 0 Å². The zero-order valence-electron chi connectivity index (χ0n) is 12.4. The van der Waals surface area contributed by atoms with Crippen molar-refractivity contribution in [3.05, 3.63) is 58.1 Å². The van der Waals surface area contributed by atoms with E-state index in [0.717, 1.165) is 21.3 Å². The first-order chi connectivity index (χ1) is 10.5. The Bertz CT molecular complexity index is 714.